The van der Waals surface area contributed by atoms with E-state index in [4.69, 9.17) is 9.47 Å². The second-order valence-electron chi connectivity index (χ2n) is 7.87. The fraction of sp³-hybridized carbons (Fsp3) is 0.360. The van der Waals surface area contributed by atoms with E-state index in [1.165, 1.54) is 23.1 Å². The number of thioether (sulfide) groups is 1. The Bertz CT molecular complexity index is 1190. The number of allylic oxidation sites excluding steroid dienone is 1. The molecule has 10 heteroatoms. The predicted molar refractivity (Wildman–Crippen MR) is 137 cm³/mol. The molecular formula is C25H28N4O4S2. The maximum absolute atomic E-state index is 12.8. The summed E-state index contributed by atoms with van der Waals surface area (Å²) in [6, 6.07) is 9.48. The Balaban J connectivity index is 1.42. The molecule has 3 aromatic rings. The lowest BCUT2D eigenvalue weighted by atomic mass is 9.95. The first-order valence-corrected chi connectivity index (χ1v) is 13.4. The number of para-hydroxylation sites is 1. The van der Waals surface area contributed by atoms with Crippen molar-refractivity contribution in [2.24, 2.45) is 0 Å². The number of amides is 1. The number of fused-ring (bicyclic) bond motifs is 1. The van der Waals surface area contributed by atoms with Crippen LogP contribution in [0.3, 0.4) is 0 Å². The Hall–Kier alpha value is -3.11. The monoisotopic (exact) mass is 512 g/mol. The van der Waals surface area contributed by atoms with Crippen LogP contribution in [0.4, 0.5) is 5.00 Å². The number of hydrogen-bond acceptors (Lipinski definition) is 8. The van der Waals surface area contributed by atoms with E-state index in [-0.39, 0.29) is 24.2 Å². The lowest BCUT2D eigenvalue weighted by molar-refractivity contribution is -0.113. The number of nitrogens with one attached hydrogen (secondary N) is 1. The second-order valence-corrected chi connectivity index (χ2v) is 9.92. The lowest BCUT2D eigenvalue weighted by Crippen LogP contribution is -2.17. The number of rotatable bonds is 11. The van der Waals surface area contributed by atoms with Gasteiger partial charge in [-0.15, -0.1) is 28.1 Å². The SMILES string of the molecule is C=CCn1c(COc2ccccc2)nnc1SCC(=O)Nc1sc2c(c1C(=O)OCC)CCCC2. The highest BCUT2D eigenvalue weighted by molar-refractivity contribution is 7.99. The fourth-order valence-electron chi connectivity index (χ4n) is 3.88. The zero-order chi connectivity index (χ0) is 24.6. The third-order valence-corrected chi connectivity index (χ3v) is 7.63. The van der Waals surface area contributed by atoms with Crippen molar-refractivity contribution >= 4 is 40.0 Å². The highest BCUT2D eigenvalue weighted by atomic mass is 32.2. The quantitative estimate of drug-likeness (QED) is 0.222. The number of aryl methyl sites for hydroxylation is 1. The van der Waals surface area contributed by atoms with Crippen molar-refractivity contribution in [2.75, 3.05) is 17.7 Å². The van der Waals surface area contributed by atoms with E-state index in [1.807, 2.05) is 34.9 Å². The Labute approximate surface area is 212 Å². The molecule has 0 unspecified atom stereocenters. The smallest absolute Gasteiger partial charge is 0.341 e. The number of nitrogens with zero attached hydrogens (tertiary/aromatic N) is 3. The molecule has 35 heavy (non-hydrogen) atoms. The molecule has 0 radical (unpaired) electrons. The van der Waals surface area contributed by atoms with Gasteiger partial charge in [-0.2, -0.15) is 0 Å². The Morgan fingerprint density at radius 1 is 1.23 bits per heavy atom. The highest BCUT2D eigenvalue weighted by Gasteiger charge is 2.27. The lowest BCUT2D eigenvalue weighted by Gasteiger charge is -2.12. The maximum atomic E-state index is 12.8. The van der Waals surface area contributed by atoms with Crippen molar-refractivity contribution in [2.45, 2.75) is 50.9 Å². The molecule has 0 spiro atoms. The van der Waals surface area contributed by atoms with E-state index >= 15 is 0 Å². The van der Waals surface area contributed by atoms with E-state index in [2.05, 4.69) is 22.1 Å². The summed E-state index contributed by atoms with van der Waals surface area (Å²) in [5, 5.41) is 12.6. The van der Waals surface area contributed by atoms with Crippen molar-refractivity contribution in [3.63, 3.8) is 0 Å². The molecule has 2 heterocycles. The second kappa shape index (κ2) is 12.0. The zero-order valence-electron chi connectivity index (χ0n) is 19.6. The van der Waals surface area contributed by atoms with Crippen LogP contribution in [0.5, 0.6) is 5.75 Å². The number of thiophene rings is 1. The third-order valence-electron chi connectivity index (χ3n) is 5.45. The van der Waals surface area contributed by atoms with Crippen LogP contribution in [0.15, 0.2) is 48.1 Å². The Morgan fingerprint density at radius 2 is 2.03 bits per heavy atom. The van der Waals surface area contributed by atoms with E-state index < -0.39 is 0 Å². The molecule has 1 aliphatic rings. The number of aromatic nitrogens is 3. The van der Waals surface area contributed by atoms with Gasteiger partial charge in [-0.05, 0) is 50.3 Å². The minimum atomic E-state index is -0.372. The van der Waals surface area contributed by atoms with E-state index in [9.17, 15) is 9.59 Å². The van der Waals surface area contributed by atoms with Crippen LogP contribution in [0.1, 0.15) is 46.4 Å². The molecule has 1 amide bonds. The number of hydrogen-bond donors (Lipinski definition) is 1. The van der Waals surface area contributed by atoms with Gasteiger partial charge in [0.1, 0.15) is 17.4 Å². The minimum absolute atomic E-state index is 0.125. The number of anilines is 1. The molecule has 8 nitrogen and oxygen atoms in total. The topological polar surface area (TPSA) is 95.3 Å². The number of benzene rings is 1. The molecule has 1 aliphatic carbocycles. The molecule has 0 saturated carbocycles. The van der Waals surface area contributed by atoms with Crippen LogP contribution >= 0.6 is 23.1 Å². The number of carbonyl (C=O) groups excluding carboxylic acids is 2. The maximum Gasteiger partial charge on any atom is 0.341 e. The summed E-state index contributed by atoms with van der Waals surface area (Å²) in [7, 11) is 0. The van der Waals surface area contributed by atoms with E-state index in [1.54, 1.807) is 13.0 Å². The molecule has 1 N–H and O–H groups in total. The molecular weight excluding hydrogens is 484 g/mol. The Morgan fingerprint density at radius 3 is 2.80 bits per heavy atom. The van der Waals surface area contributed by atoms with Gasteiger partial charge in [-0.1, -0.05) is 36.0 Å². The van der Waals surface area contributed by atoms with Crippen LogP contribution in [-0.4, -0.2) is 39.0 Å². The van der Waals surface area contributed by atoms with Crippen LogP contribution in [0, 0.1) is 0 Å². The van der Waals surface area contributed by atoms with Crippen molar-refractivity contribution in [3.05, 3.63) is 64.8 Å². The van der Waals surface area contributed by atoms with Crippen LogP contribution in [0.25, 0.3) is 0 Å². The largest absolute Gasteiger partial charge is 0.486 e. The number of esters is 1. The first kappa shape index (κ1) is 25.0. The van der Waals surface area contributed by atoms with Gasteiger partial charge in [-0.25, -0.2) is 4.79 Å². The number of carbonyl (C=O) groups is 2. The molecule has 1 aromatic carbocycles. The van der Waals surface area contributed by atoms with Crippen molar-refractivity contribution in [1.29, 1.82) is 0 Å². The van der Waals surface area contributed by atoms with Gasteiger partial charge in [0.2, 0.25) is 5.91 Å². The highest BCUT2D eigenvalue weighted by Crippen LogP contribution is 2.38. The van der Waals surface area contributed by atoms with Crippen LogP contribution in [0.2, 0.25) is 0 Å². The third kappa shape index (κ3) is 6.12. The summed E-state index contributed by atoms with van der Waals surface area (Å²) in [6.07, 6.45) is 5.64. The first-order chi connectivity index (χ1) is 17.1. The van der Waals surface area contributed by atoms with Crippen LogP contribution in [-0.2, 0) is 35.5 Å². The molecule has 0 aliphatic heterocycles. The van der Waals surface area contributed by atoms with Gasteiger partial charge in [0.05, 0.1) is 17.9 Å². The van der Waals surface area contributed by atoms with Gasteiger partial charge >= 0.3 is 5.97 Å². The molecule has 0 atom stereocenters. The summed E-state index contributed by atoms with van der Waals surface area (Å²) in [4.78, 5) is 26.6. The van der Waals surface area contributed by atoms with Crippen LogP contribution < -0.4 is 10.1 Å². The summed E-state index contributed by atoms with van der Waals surface area (Å²) in [6.45, 7) is 6.63. The van der Waals surface area contributed by atoms with E-state index in [0.29, 0.717) is 34.7 Å². The molecule has 0 saturated heterocycles. The summed E-state index contributed by atoms with van der Waals surface area (Å²) < 4.78 is 13.0. The van der Waals surface area contributed by atoms with Crippen molar-refractivity contribution < 1.29 is 19.1 Å². The predicted octanol–water partition coefficient (Wildman–Crippen LogP) is 4.89. The number of ether oxygens (including phenoxy) is 2. The fourth-order valence-corrected chi connectivity index (χ4v) is 5.94. The summed E-state index contributed by atoms with van der Waals surface area (Å²) in [5.41, 5.74) is 1.54. The summed E-state index contributed by atoms with van der Waals surface area (Å²) in [5.74, 6) is 0.926. The average Bonchev–Trinajstić information content (AvgIpc) is 3.43. The van der Waals surface area contributed by atoms with Gasteiger partial charge < -0.3 is 14.8 Å². The van der Waals surface area contributed by atoms with Gasteiger partial charge in [0.15, 0.2) is 11.0 Å². The van der Waals surface area contributed by atoms with Gasteiger partial charge in [-0.3, -0.25) is 9.36 Å². The molecule has 2 aromatic heterocycles. The van der Waals surface area contributed by atoms with Crippen molar-refractivity contribution in [3.8, 4) is 5.75 Å². The molecule has 0 fully saturated rings. The van der Waals surface area contributed by atoms with E-state index in [0.717, 1.165) is 41.9 Å². The zero-order valence-corrected chi connectivity index (χ0v) is 21.3. The Kier molecular flexibility index (Phi) is 8.59. The minimum Gasteiger partial charge on any atom is -0.486 e. The van der Waals surface area contributed by atoms with Gasteiger partial charge in [0.25, 0.3) is 0 Å². The van der Waals surface area contributed by atoms with Gasteiger partial charge in [0, 0.05) is 11.4 Å². The first-order valence-electron chi connectivity index (χ1n) is 11.6. The van der Waals surface area contributed by atoms with Crippen molar-refractivity contribution in [1.82, 2.24) is 14.8 Å². The molecule has 0 bridgehead atoms. The molecule has 184 valence electrons. The standard InChI is InChI=1S/C25H28N4O4S2/c1-3-14-29-20(15-33-17-10-6-5-7-11-17)27-28-25(29)34-16-21(30)26-23-22(24(31)32-4-2)18-12-8-9-13-19(18)35-23/h3,5-7,10-11H,1,4,8-9,12-16H2,2H3,(H,26,30). The molecule has 4 rings (SSSR count). The summed E-state index contributed by atoms with van der Waals surface area (Å²) >= 11 is 2.76. The normalized spacial score (nSPS) is 12.6. The average molecular weight is 513 g/mol.